The highest BCUT2D eigenvalue weighted by Gasteiger charge is 2.38. The van der Waals surface area contributed by atoms with Crippen LogP contribution in [-0.2, 0) is 9.53 Å². The number of amides is 2. The number of urea groups is 1. The van der Waals surface area contributed by atoms with Crippen molar-refractivity contribution in [2.24, 2.45) is 5.92 Å². The van der Waals surface area contributed by atoms with Gasteiger partial charge in [-0.2, -0.15) is 0 Å². The van der Waals surface area contributed by atoms with Gasteiger partial charge in [0.1, 0.15) is 0 Å². The van der Waals surface area contributed by atoms with Gasteiger partial charge in [-0.25, -0.2) is 4.79 Å². The van der Waals surface area contributed by atoms with Gasteiger partial charge in [0.2, 0.25) is 0 Å². The van der Waals surface area contributed by atoms with Crippen molar-refractivity contribution in [1.29, 1.82) is 0 Å². The van der Waals surface area contributed by atoms with Gasteiger partial charge in [0.05, 0.1) is 24.7 Å². The smallest absolute Gasteiger partial charge is 0.318 e. The molecule has 21 heavy (non-hydrogen) atoms. The number of carboxylic acids is 1. The second-order valence-corrected chi connectivity index (χ2v) is 6.45. The zero-order valence-corrected chi connectivity index (χ0v) is 12.3. The Kier molecular flexibility index (Phi) is 4.33. The number of rotatable bonds is 2. The van der Waals surface area contributed by atoms with E-state index in [1.807, 2.05) is 4.90 Å². The van der Waals surface area contributed by atoms with E-state index in [2.05, 4.69) is 5.32 Å². The van der Waals surface area contributed by atoms with E-state index in [0.29, 0.717) is 26.0 Å². The summed E-state index contributed by atoms with van der Waals surface area (Å²) >= 11 is 0. The maximum absolute atomic E-state index is 12.5. The first-order chi connectivity index (χ1) is 10.1. The summed E-state index contributed by atoms with van der Waals surface area (Å²) in [6, 6.07) is 0.166. The second-order valence-electron chi connectivity index (χ2n) is 6.45. The van der Waals surface area contributed by atoms with Crippen molar-refractivity contribution in [3.8, 4) is 0 Å². The average Bonchev–Trinajstić information content (AvgIpc) is 2.95. The van der Waals surface area contributed by atoms with Crippen molar-refractivity contribution >= 4 is 12.0 Å². The number of fused-ring (bicyclic) bond motifs is 1. The number of carbonyl (C=O) groups excluding carboxylic acids is 1. The Labute approximate surface area is 124 Å². The SMILES string of the molecule is O=C(O)[C@@H]1CC[C@H](NC(=O)N2CCOC3CCCCC32)C1. The molecule has 0 aromatic carbocycles. The van der Waals surface area contributed by atoms with E-state index < -0.39 is 5.97 Å². The van der Waals surface area contributed by atoms with E-state index in [4.69, 9.17) is 9.84 Å². The summed E-state index contributed by atoms with van der Waals surface area (Å²) in [6.07, 6.45) is 6.56. The maximum Gasteiger partial charge on any atom is 0.318 e. The van der Waals surface area contributed by atoms with Crippen LogP contribution in [0.15, 0.2) is 0 Å². The summed E-state index contributed by atoms with van der Waals surface area (Å²) in [4.78, 5) is 25.4. The quantitative estimate of drug-likeness (QED) is 0.811. The van der Waals surface area contributed by atoms with Crippen LogP contribution in [0.25, 0.3) is 0 Å². The van der Waals surface area contributed by atoms with Gasteiger partial charge in [-0.15, -0.1) is 0 Å². The highest BCUT2D eigenvalue weighted by molar-refractivity contribution is 5.76. The van der Waals surface area contributed by atoms with Gasteiger partial charge in [-0.3, -0.25) is 4.79 Å². The van der Waals surface area contributed by atoms with Crippen LogP contribution in [0.2, 0.25) is 0 Å². The van der Waals surface area contributed by atoms with Crippen molar-refractivity contribution in [2.45, 2.75) is 63.1 Å². The lowest BCUT2D eigenvalue weighted by atomic mass is 9.90. The minimum atomic E-state index is -0.745. The number of nitrogens with zero attached hydrogens (tertiary/aromatic N) is 1. The average molecular weight is 296 g/mol. The molecule has 0 bridgehead atoms. The lowest BCUT2D eigenvalue weighted by Gasteiger charge is -2.44. The molecular weight excluding hydrogens is 272 g/mol. The Hall–Kier alpha value is -1.30. The molecule has 6 nitrogen and oxygen atoms in total. The molecule has 118 valence electrons. The van der Waals surface area contributed by atoms with E-state index >= 15 is 0 Å². The maximum atomic E-state index is 12.5. The number of hydrogen-bond acceptors (Lipinski definition) is 3. The monoisotopic (exact) mass is 296 g/mol. The number of nitrogens with one attached hydrogen (secondary N) is 1. The predicted octanol–water partition coefficient (Wildman–Crippen LogP) is 1.59. The number of morpholine rings is 1. The summed E-state index contributed by atoms with van der Waals surface area (Å²) in [5, 5.41) is 12.1. The molecule has 3 rings (SSSR count). The third-order valence-electron chi connectivity index (χ3n) is 5.10. The van der Waals surface area contributed by atoms with Crippen LogP contribution in [-0.4, -0.2) is 53.3 Å². The fourth-order valence-electron chi connectivity index (χ4n) is 3.94. The van der Waals surface area contributed by atoms with Crippen LogP contribution >= 0.6 is 0 Å². The Morgan fingerprint density at radius 2 is 1.95 bits per heavy atom. The molecule has 1 heterocycles. The normalized spacial score (nSPS) is 36.1. The van der Waals surface area contributed by atoms with E-state index in [1.165, 1.54) is 6.42 Å². The zero-order valence-electron chi connectivity index (χ0n) is 12.3. The Morgan fingerprint density at radius 1 is 1.14 bits per heavy atom. The Morgan fingerprint density at radius 3 is 2.71 bits per heavy atom. The lowest BCUT2D eigenvalue weighted by Crippen LogP contribution is -2.58. The van der Waals surface area contributed by atoms with E-state index in [9.17, 15) is 9.59 Å². The Bertz CT molecular complexity index is 412. The Balaban J connectivity index is 1.56. The molecule has 0 aromatic heterocycles. The zero-order chi connectivity index (χ0) is 14.8. The first-order valence-electron chi connectivity index (χ1n) is 8.06. The number of ether oxygens (including phenoxy) is 1. The van der Waals surface area contributed by atoms with Crippen LogP contribution in [0.1, 0.15) is 44.9 Å². The summed E-state index contributed by atoms with van der Waals surface area (Å²) in [7, 11) is 0. The van der Waals surface area contributed by atoms with Gasteiger partial charge in [0.25, 0.3) is 0 Å². The van der Waals surface area contributed by atoms with Crippen LogP contribution < -0.4 is 5.32 Å². The third kappa shape index (κ3) is 3.15. The van der Waals surface area contributed by atoms with Gasteiger partial charge >= 0.3 is 12.0 Å². The van der Waals surface area contributed by atoms with E-state index in [0.717, 1.165) is 25.7 Å². The molecule has 1 aliphatic heterocycles. The molecule has 1 saturated heterocycles. The number of carbonyl (C=O) groups is 2. The van der Waals surface area contributed by atoms with Crippen LogP contribution in [0.5, 0.6) is 0 Å². The van der Waals surface area contributed by atoms with E-state index in [1.54, 1.807) is 0 Å². The molecule has 6 heteroatoms. The number of carboxylic acid groups (broad SMARTS) is 1. The van der Waals surface area contributed by atoms with Crippen molar-refractivity contribution < 1.29 is 19.4 Å². The number of aliphatic carboxylic acids is 1. The van der Waals surface area contributed by atoms with E-state index in [-0.39, 0.29) is 30.1 Å². The molecule has 2 N–H and O–H groups in total. The molecular formula is C15H24N2O4. The van der Waals surface area contributed by atoms with Crippen molar-refractivity contribution in [3.63, 3.8) is 0 Å². The van der Waals surface area contributed by atoms with Gasteiger partial charge in [0.15, 0.2) is 0 Å². The van der Waals surface area contributed by atoms with Gasteiger partial charge in [-0.1, -0.05) is 12.8 Å². The molecule has 2 amide bonds. The summed E-state index contributed by atoms with van der Waals surface area (Å²) in [5.74, 6) is -1.05. The standard InChI is InChI=1S/C15H24N2O4/c18-14(19)10-5-6-11(9-10)16-15(20)17-7-8-21-13-4-2-1-3-12(13)17/h10-13H,1-9H2,(H,16,20)(H,18,19)/t10-,11+,12?,13?/m1/s1. The second kappa shape index (κ2) is 6.22. The van der Waals surface area contributed by atoms with Crippen LogP contribution in [0.4, 0.5) is 4.79 Å². The summed E-state index contributed by atoms with van der Waals surface area (Å²) in [5.41, 5.74) is 0. The van der Waals surface area contributed by atoms with Crippen LogP contribution in [0.3, 0.4) is 0 Å². The van der Waals surface area contributed by atoms with Gasteiger partial charge in [0, 0.05) is 12.6 Å². The highest BCUT2D eigenvalue weighted by Crippen LogP contribution is 2.29. The molecule has 3 aliphatic rings. The third-order valence-corrected chi connectivity index (χ3v) is 5.10. The van der Waals surface area contributed by atoms with Crippen molar-refractivity contribution in [2.75, 3.05) is 13.2 Å². The fraction of sp³-hybridized carbons (Fsp3) is 0.867. The first-order valence-corrected chi connectivity index (χ1v) is 8.06. The molecule has 0 radical (unpaired) electrons. The highest BCUT2D eigenvalue weighted by atomic mass is 16.5. The molecule has 2 saturated carbocycles. The topological polar surface area (TPSA) is 78.9 Å². The predicted molar refractivity (Wildman–Crippen MR) is 76.0 cm³/mol. The van der Waals surface area contributed by atoms with Gasteiger partial charge in [-0.05, 0) is 32.1 Å². The van der Waals surface area contributed by atoms with Crippen LogP contribution in [0, 0.1) is 5.92 Å². The molecule has 0 aromatic rings. The van der Waals surface area contributed by atoms with Crippen molar-refractivity contribution in [3.05, 3.63) is 0 Å². The minimum Gasteiger partial charge on any atom is -0.481 e. The molecule has 4 atom stereocenters. The molecule has 2 unspecified atom stereocenters. The molecule has 3 fully saturated rings. The molecule has 0 spiro atoms. The van der Waals surface area contributed by atoms with Crippen molar-refractivity contribution in [1.82, 2.24) is 10.2 Å². The summed E-state index contributed by atoms with van der Waals surface area (Å²) < 4.78 is 5.78. The lowest BCUT2D eigenvalue weighted by molar-refractivity contribution is -0.141. The minimum absolute atomic E-state index is 0.00323. The largest absolute Gasteiger partial charge is 0.481 e. The first kappa shape index (κ1) is 14.6. The number of hydrogen-bond donors (Lipinski definition) is 2. The fourth-order valence-corrected chi connectivity index (χ4v) is 3.94. The summed E-state index contributed by atoms with van der Waals surface area (Å²) in [6.45, 7) is 1.25. The van der Waals surface area contributed by atoms with Gasteiger partial charge < -0.3 is 20.1 Å². The molecule has 2 aliphatic carbocycles.